The Bertz CT molecular complexity index is 3260. The van der Waals surface area contributed by atoms with Crippen molar-refractivity contribution in [1.82, 2.24) is 60.0 Å². The van der Waals surface area contributed by atoms with E-state index in [9.17, 15) is 18.0 Å². The molecule has 24 nitrogen and oxygen atoms in total. The van der Waals surface area contributed by atoms with Crippen LogP contribution in [0.5, 0.6) is 0 Å². The topological polar surface area (TPSA) is 270 Å². The number of halogens is 4. The van der Waals surface area contributed by atoms with Gasteiger partial charge >= 0.3 is 6.18 Å². The summed E-state index contributed by atoms with van der Waals surface area (Å²) in [5.74, 6) is -8.90. The molecule has 28 heteroatoms. The molecule has 4 heterocycles. The van der Waals surface area contributed by atoms with E-state index in [2.05, 4.69) is 16.0 Å². The van der Waals surface area contributed by atoms with E-state index in [1.807, 2.05) is 27.7 Å². The van der Waals surface area contributed by atoms with Crippen molar-refractivity contribution < 1.29 is 70.7 Å². The normalized spacial score (nSPS) is 28.2. The molecule has 4 saturated heterocycles. The van der Waals surface area contributed by atoms with Crippen LogP contribution in [0.15, 0.2) is 18.2 Å². The number of benzene rings is 1. The van der Waals surface area contributed by atoms with Crippen molar-refractivity contribution in [2.75, 3.05) is 75.0 Å². The first kappa shape index (κ1) is 81.6. The second kappa shape index (κ2) is 35.4. The highest BCUT2D eigenvalue weighted by molar-refractivity contribution is 6.31. The fourth-order valence-corrected chi connectivity index (χ4v) is 17.0. The molecule has 0 aromatic heterocycles. The molecule has 0 radical (unpaired) electrons. The fraction of sp³-hybridized carbons (Fsp3) is 0.760. The van der Waals surface area contributed by atoms with Crippen LogP contribution in [-0.4, -0.2) is 250 Å². The number of hydrogen-bond acceptors (Lipinski definition) is 12. The number of likely N-dealkylation sites (tertiary alicyclic amines) is 1. The lowest BCUT2D eigenvalue weighted by Crippen LogP contribution is -2.66. The van der Waals surface area contributed by atoms with Gasteiger partial charge in [0.1, 0.15) is 59.9 Å². The summed E-state index contributed by atoms with van der Waals surface area (Å²) < 4.78 is 41.7. The molecule has 3 aliphatic carbocycles. The first-order valence-electron chi connectivity index (χ1n) is 37.9. The quantitative estimate of drug-likeness (QED) is 0.195. The minimum absolute atomic E-state index is 0.0256. The van der Waals surface area contributed by atoms with Gasteiger partial charge in [-0.3, -0.25) is 57.5 Å². The van der Waals surface area contributed by atoms with Crippen molar-refractivity contribution >= 4 is 82.5 Å². The van der Waals surface area contributed by atoms with Gasteiger partial charge < -0.3 is 60.0 Å². The van der Waals surface area contributed by atoms with Crippen molar-refractivity contribution in [3.63, 3.8) is 0 Å². The van der Waals surface area contributed by atoms with E-state index in [1.54, 1.807) is 18.7 Å². The highest BCUT2D eigenvalue weighted by Crippen LogP contribution is 2.39. The summed E-state index contributed by atoms with van der Waals surface area (Å²) in [6.07, 6.45) is 5.87. The first-order valence-corrected chi connectivity index (χ1v) is 38.2. The molecular weight excluding hydrogens is 1350 g/mol. The van der Waals surface area contributed by atoms with Crippen LogP contribution in [-0.2, 0) is 70.1 Å². The molecule has 0 bridgehead atoms. The van der Waals surface area contributed by atoms with Crippen LogP contribution in [0.3, 0.4) is 0 Å². The zero-order valence-corrected chi connectivity index (χ0v) is 63.5. The summed E-state index contributed by atoms with van der Waals surface area (Å²) in [5.41, 5.74) is -2.35. The standard InChI is InChI=1S/C75H114ClF3N12O12/c1-13-47(6)61-70(100)87(11)63(50-26-22-27-50)72(102)91-39-33-55(91)68(98)85(9)57(42-48-24-16-14-17-25-48)67(97)83(7)44-59(92)80-53(32-30-49-29-31-51(52(76)41-49)75(77,78)79)66(96)90-38-23-28-54(90)65(95)82-74(34-18-19-35-74)73(103)88(12)62(46(4)5)71(101)86(10)58(69(99)89-36-20-15-21-37-89)43-60(93)84(8)56(40-45(2)3)64(94)81-61/h29,31,41,45-48,50,53-58,61-63H,13-28,30,32-40,42-44H2,1-12H3,(H,80,92)(H,81,94)(H,82,95)/t47-,53-,54-,55-,56-,57-,58-,61-,62-,63-/m0/s1. The molecule has 1 aromatic rings. The van der Waals surface area contributed by atoms with Crippen LogP contribution in [0, 0.1) is 29.6 Å². The van der Waals surface area contributed by atoms with E-state index in [0.717, 1.165) is 57.1 Å². The van der Waals surface area contributed by atoms with Gasteiger partial charge in [0, 0.05) is 68.5 Å². The molecule has 1 aromatic carbocycles. The van der Waals surface area contributed by atoms with Crippen molar-refractivity contribution in [2.24, 2.45) is 29.6 Å². The number of nitrogens with zero attached hydrogens (tertiary/aromatic N) is 9. The van der Waals surface area contributed by atoms with Crippen LogP contribution in [0.25, 0.3) is 0 Å². The Kier molecular flexibility index (Phi) is 28.0. The Labute approximate surface area is 611 Å². The van der Waals surface area contributed by atoms with Crippen molar-refractivity contribution in [3.05, 3.63) is 34.3 Å². The number of amides is 12. The minimum atomic E-state index is -4.76. The van der Waals surface area contributed by atoms with E-state index in [4.69, 9.17) is 11.6 Å². The second-order valence-electron chi connectivity index (χ2n) is 31.4. The van der Waals surface area contributed by atoms with Crippen LogP contribution in [0.4, 0.5) is 13.2 Å². The van der Waals surface area contributed by atoms with Crippen molar-refractivity contribution in [3.8, 4) is 0 Å². The lowest BCUT2D eigenvalue weighted by atomic mass is 9.77. The number of fused-ring (bicyclic) bond motifs is 2. The molecular formula is C75H114ClF3N12O12. The lowest BCUT2D eigenvalue weighted by molar-refractivity contribution is -0.163. The van der Waals surface area contributed by atoms with Crippen LogP contribution < -0.4 is 16.0 Å². The Balaban J connectivity index is 1.19. The molecule has 4 aliphatic heterocycles. The highest BCUT2D eigenvalue weighted by atomic mass is 35.5. The third kappa shape index (κ3) is 19.0. The molecule has 7 aliphatic rings. The maximum Gasteiger partial charge on any atom is 0.417 e. The SMILES string of the molecule is CC[C@H](C)[C@@H]1NC(=O)[C@H](CC(C)C)N(C)C(=O)C[C@@H](C(=O)N2CCCCC2)N(C)C(=O)[C@H](C(C)C)N(C)C(=O)C2(CCCC2)NC(=O)[C@@H]2CCCN2C(=O)[C@H](CCc2ccc(C(F)(F)F)c(Cl)c2)NC(=O)CN(C)C(=O)[C@H](CC2CCCCC2)N(C)C(=O)[C@@H]2CCN2C(=O)[C@H](C2CCC2)N(C)C1=O. The number of carbonyl (C=O) groups is 12. The number of carbonyl (C=O) groups excluding carboxylic acids is 12. The monoisotopic (exact) mass is 1470 g/mol. The predicted octanol–water partition coefficient (Wildman–Crippen LogP) is 6.81. The summed E-state index contributed by atoms with van der Waals surface area (Å²) in [4.78, 5) is 194. The van der Waals surface area contributed by atoms with Gasteiger partial charge in [-0.25, -0.2) is 0 Å². The van der Waals surface area contributed by atoms with Gasteiger partial charge in [0.15, 0.2) is 0 Å². The molecule has 3 N–H and O–H groups in total. The molecule has 574 valence electrons. The van der Waals surface area contributed by atoms with Gasteiger partial charge in [-0.2, -0.15) is 13.2 Å². The third-order valence-corrected chi connectivity index (χ3v) is 23.8. The zero-order valence-electron chi connectivity index (χ0n) is 62.8. The fourth-order valence-electron chi connectivity index (χ4n) is 16.7. The maximum absolute atomic E-state index is 15.5. The smallest absolute Gasteiger partial charge is 0.343 e. The van der Waals surface area contributed by atoms with Gasteiger partial charge in [-0.15, -0.1) is 0 Å². The summed E-state index contributed by atoms with van der Waals surface area (Å²) in [6.45, 7) is 11.3. The second-order valence-corrected chi connectivity index (χ2v) is 31.8. The average Bonchev–Trinajstić information content (AvgIpc) is 1.61. The Morgan fingerprint density at radius 2 is 1.26 bits per heavy atom. The van der Waals surface area contributed by atoms with E-state index in [0.29, 0.717) is 70.0 Å². The molecule has 10 atom stereocenters. The molecule has 3 saturated carbocycles. The Hall–Kier alpha value is -7.06. The molecule has 1 spiro atoms. The van der Waals surface area contributed by atoms with Crippen molar-refractivity contribution in [2.45, 2.75) is 262 Å². The van der Waals surface area contributed by atoms with Gasteiger partial charge in [0.2, 0.25) is 70.9 Å². The third-order valence-electron chi connectivity index (χ3n) is 23.5. The van der Waals surface area contributed by atoms with Gasteiger partial charge in [0.05, 0.1) is 23.6 Å². The number of nitrogens with one attached hydrogen (secondary N) is 3. The molecule has 12 amide bonds. The van der Waals surface area contributed by atoms with E-state index < -0.39 is 172 Å². The number of rotatable bonds is 12. The number of aryl methyl sites for hydroxylation is 1. The predicted molar refractivity (Wildman–Crippen MR) is 381 cm³/mol. The van der Waals surface area contributed by atoms with E-state index >= 15 is 52.7 Å². The van der Waals surface area contributed by atoms with Crippen LogP contribution in [0.1, 0.15) is 200 Å². The van der Waals surface area contributed by atoms with Gasteiger partial charge in [-0.1, -0.05) is 117 Å². The number of likely N-dealkylation sites (N-methyl/N-ethyl adjacent to an activating group) is 6. The molecule has 103 heavy (non-hydrogen) atoms. The van der Waals surface area contributed by atoms with Gasteiger partial charge in [-0.05, 0) is 137 Å². The Morgan fingerprint density at radius 1 is 0.621 bits per heavy atom. The highest BCUT2D eigenvalue weighted by Gasteiger charge is 2.53. The summed E-state index contributed by atoms with van der Waals surface area (Å²) in [6, 6.07) is -7.66. The number of hydrogen-bond donors (Lipinski definition) is 3. The summed E-state index contributed by atoms with van der Waals surface area (Å²) in [5, 5.41) is 8.27. The Morgan fingerprint density at radius 3 is 1.83 bits per heavy atom. The van der Waals surface area contributed by atoms with E-state index in [-0.39, 0.29) is 82.2 Å². The number of piperidine rings is 1. The molecule has 0 unspecified atom stereocenters. The lowest BCUT2D eigenvalue weighted by Gasteiger charge is -2.48. The average molecular weight is 1470 g/mol. The van der Waals surface area contributed by atoms with Gasteiger partial charge in [0.25, 0.3) is 0 Å². The maximum atomic E-state index is 15.5. The minimum Gasteiger partial charge on any atom is -0.343 e. The van der Waals surface area contributed by atoms with E-state index in [1.165, 1.54) is 87.6 Å². The first-order chi connectivity index (χ1) is 48.6. The molecule has 7 fully saturated rings. The largest absolute Gasteiger partial charge is 0.417 e. The zero-order chi connectivity index (χ0) is 75.7. The summed E-state index contributed by atoms with van der Waals surface area (Å²) in [7, 11) is 8.78. The number of alkyl halides is 3. The van der Waals surface area contributed by atoms with Crippen LogP contribution >= 0.6 is 11.6 Å². The van der Waals surface area contributed by atoms with Crippen molar-refractivity contribution in [1.29, 1.82) is 0 Å². The summed E-state index contributed by atoms with van der Waals surface area (Å²) >= 11 is 6.18. The van der Waals surface area contributed by atoms with Crippen LogP contribution in [0.2, 0.25) is 5.02 Å². The molecule has 8 rings (SSSR count).